The maximum Gasteiger partial charge on any atom is 0.308 e. The van der Waals surface area contributed by atoms with Crippen LogP contribution in [-0.4, -0.2) is 41.0 Å². The van der Waals surface area contributed by atoms with Crippen LogP contribution in [0.3, 0.4) is 0 Å². The number of carboxylic acids is 1. The second-order valence-electron chi connectivity index (χ2n) is 5.52. The lowest BCUT2D eigenvalue weighted by Gasteiger charge is -2.36. The van der Waals surface area contributed by atoms with Crippen molar-refractivity contribution in [3.8, 4) is 0 Å². The molecule has 0 aromatic rings. The molecule has 18 heavy (non-hydrogen) atoms. The summed E-state index contributed by atoms with van der Waals surface area (Å²) in [5.41, 5.74) is 6.02. The number of rotatable bonds is 2. The van der Waals surface area contributed by atoms with Gasteiger partial charge in [-0.05, 0) is 25.7 Å². The fourth-order valence-electron chi connectivity index (χ4n) is 3.08. The first-order valence-corrected chi connectivity index (χ1v) is 6.86. The molecular formula is C13H22N2O3. The van der Waals surface area contributed by atoms with Crippen molar-refractivity contribution in [2.45, 2.75) is 44.6 Å². The molecule has 0 aromatic carbocycles. The van der Waals surface area contributed by atoms with Crippen LogP contribution in [0.2, 0.25) is 0 Å². The number of nitrogens with two attached hydrogens (primary N) is 1. The van der Waals surface area contributed by atoms with Gasteiger partial charge in [0.2, 0.25) is 5.91 Å². The van der Waals surface area contributed by atoms with E-state index in [1.807, 2.05) is 0 Å². The molecule has 102 valence electrons. The number of carbonyl (C=O) groups is 2. The van der Waals surface area contributed by atoms with E-state index in [0.29, 0.717) is 19.5 Å². The summed E-state index contributed by atoms with van der Waals surface area (Å²) < 4.78 is 0. The molecule has 1 aliphatic carbocycles. The van der Waals surface area contributed by atoms with E-state index in [-0.39, 0.29) is 17.9 Å². The standard InChI is InChI=1S/C13H22N2O3/c14-11-6-2-1-5-10(11)12(16)15-7-3-4-9(8-15)13(17)18/h9-11H,1-8,14H2,(H,17,18). The van der Waals surface area contributed by atoms with Crippen molar-refractivity contribution in [3.05, 3.63) is 0 Å². The van der Waals surface area contributed by atoms with Gasteiger partial charge in [0.05, 0.1) is 11.8 Å². The first-order valence-electron chi connectivity index (χ1n) is 6.86. The minimum absolute atomic E-state index is 0.0449. The molecule has 3 unspecified atom stereocenters. The largest absolute Gasteiger partial charge is 0.481 e. The van der Waals surface area contributed by atoms with E-state index < -0.39 is 11.9 Å². The Bertz CT molecular complexity index is 332. The Hall–Kier alpha value is -1.10. The molecule has 3 N–H and O–H groups in total. The average Bonchev–Trinajstić information content (AvgIpc) is 2.38. The summed E-state index contributed by atoms with van der Waals surface area (Å²) in [4.78, 5) is 25.1. The van der Waals surface area contributed by atoms with Crippen LogP contribution in [0.4, 0.5) is 0 Å². The molecule has 5 heteroatoms. The third-order valence-corrected chi connectivity index (χ3v) is 4.22. The SMILES string of the molecule is NC1CCCCC1C(=O)N1CCCC(C(=O)O)C1. The van der Waals surface area contributed by atoms with Gasteiger partial charge in [-0.25, -0.2) is 0 Å². The summed E-state index contributed by atoms with van der Waals surface area (Å²) in [6.07, 6.45) is 5.38. The van der Waals surface area contributed by atoms with Crippen LogP contribution in [0.5, 0.6) is 0 Å². The zero-order valence-electron chi connectivity index (χ0n) is 10.7. The third kappa shape index (κ3) is 2.83. The molecule has 0 aromatic heterocycles. The van der Waals surface area contributed by atoms with Crippen molar-refractivity contribution in [1.29, 1.82) is 0 Å². The quantitative estimate of drug-likeness (QED) is 0.764. The van der Waals surface area contributed by atoms with Crippen molar-refractivity contribution in [1.82, 2.24) is 4.90 Å². The number of aliphatic carboxylic acids is 1. The Kier molecular flexibility index (Phi) is 4.22. The van der Waals surface area contributed by atoms with Gasteiger partial charge in [0.15, 0.2) is 0 Å². The smallest absolute Gasteiger partial charge is 0.308 e. The highest BCUT2D eigenvalue weighted by Crippen LogP contribution is 2.27. The molecular weight excluding hydrogens is 232 g/mol. The Balaban J connectivity index is 1.97. The fraction of sp³-hybridized carbons (Fsp3) is 0.846. The Morgan fingerprint density at radius 1 is 1.11 bits per heavy atom. The molecule has 1 saturated carbocycles. The Labute approximate surface area is 107 Å². The summed E-state index contributed by atoms with van der Waals surface area (Å²) in [5.74, 6) is -1.21. The summed E-state index contributed by atoms with van der Waals surface area (Å²) in [6, 6.07) is -0.0449. The first kappa shape index (κ1) is 13.3. The van der Waals surface area contributed by atoms with Crippen LogP contribution < -0.4 is 5.73 Å². The zero-order valence-corrected chi connectivity index (χ0v) is 10.7. The second-order valence-corrected chi connectivity index (χ2v) is 5.52. The van der Waals surface area contributed by atoms with Gasteiger partial charge in [0.25, 0.3) is 0 Å². The van der Waals surface area contributed by atoms with Crippen LogP contribution >= 0.6 is 0 Å². The van der Waals surface area contributed by atoms with Crippen molar-refractivity contribution >= 4 is 11.9 Å². The van der Waals surface area contributed by atoms with Gasteiger partial charge in [-0.2, -0.15) is 0 Å². The molecule has 1 amide bonds. The maximum atomic E-state index is 12.4. The number of likely N-dealkylation sites (tertiary alicyclic amines) is 1. The highest BCUT2D eigenvalue weighted by Gasteiger charge is 2.35. The van der Waals surface area contributed by atoms with Crippen molar-refractivity contribution in [3.63, 3.8) is 0 Å². The van der Waals surface area contributed by atoms with Crippen molar-refractivity contribution in [2.24, 2.45) is 17.6 Å². The molecule has 2 rings (SSSR count). The molecule has 3 atom stereocenters. The van der Waals surface area contributed by atoms with Gasteiger partial charge >= 0.3 is 5.97 Å². The van der Waals surface area contributed by atoms with E-state index in [0.717, 1.165) is 32.1 Å². The topological polar surface area (TPSA) is 83.6 Å². The van der Waals surface area contributed by atoms with E-state index in [9.17, 15) is 9.59 Å². The number of nitrogens with zero attached hydrogens (tertiary/aromatic N) is 1. The van der Waals surface area contributed by atoms with Gasteiger partial charge in [-0.3, -0.25) is 9.59 Å². The maximum absolute atomic E-state index is 12.4. The Morgan fingerprint density at radius 2 is 1.83 bits per heavy atom. The van der Waals surface area contributed by atoms with Gasteiger partial charge in [0.1, 0.15) is 0 Å². The highest BCUT2D eigenvalue weighted by atomic mass is 16.4. The van der Waals surface area contributed by atoms with Crippen LogP contribution in [-0.2, 0) is 9.59 Å². The molecule has 1 saturated heterocycles. The number of hydrogen-bond donors (Lipinski definition) is 2. The minimum atomic E-state index is -0.791. The number of amides is 1. The molecule has 0 bridgehead atoms. The van der Waals surface area contributed by atoms with E-state index in [2.05, 4.69) is 0 Å². The lowest BCUT2D eigenvalue weighted by atomic mass is 9.83. The highest BCUT2D eigenvalue weighted by molar-refractivity contribution is 5.81. The molecule has 2 fully saturated rings. The first-order chi connectivity index (χ1) is 8.59. The lowest BCUT2D eigenvalue weighted by molar-refractivity contribution is -0.147. The third-order valence-electron chi connectivity index (χ3n) is 4.22. The minimum Gasteiger partial charge on any atom is -0.481 e. The summed E-state index contributed by atoms with van der Waals surface area (Å²) in [7, 11) is 0. The van der Waals surface area contributed by atoms with Crippen LogP contribution in [0.25, 0.3) is 0 Å². The van der Waals surface area contributed by atoms with Gasteiger partial charge in [-0.15, -0.1) is 0 Å². The molecule has 5 nitrogen and oxygen atoms in total. The van der Waals surface area contributed by atoms with E-state index >= 15 is 0 Å². The normalized spacial score (nSPS) is 33.2. The predicted molar refractivity (Wildman–Crippen MR) is 66.9 cm³/mol. The lowest BCUT2D eigenvalue weighted by Crippen LogP contribution is -2.49. The zero-order chi connectivity index (χ0) is 13.1. The number of hydrogen-bond acceptors (Lipinski definition) is 3. The molecule has 0 radical (unpaired) electrons. The van der Waals surface area contributed by atoms with E-state index in [1.54, 1.807) is 4.90 Å². The number of piperidine rings is 1. The van der Waals surface area contributed by atoms with Crippen LogP contribution in [0.15, 0.2) is 0 Å². The molecule has 1 heterocycles. The number of carbonyl (C=O) groups excluding carboxylic acids is 1. The van der Waals surface area contributed by atoms with E-state index in [4.69, 9.17) is 10.8 Å². The summed E-state index contributed by atoms with van der Waals surface area (Å²) in [5, 5.41) is 9.04. The van der Waals surface area contributed by atoms with Gasteiger partial charge < -0.3 is 15.7 Å². The average molecular weight is 254 g/mol. The molecule has 2 aliphatic rings. The van der Waals surface area contributed by atoms with Crippen LogP contribution in [0.1, 0.15) is 38.5 Å². The Morgan fingerprint density at radius 3 is 2.50 bits per heavy atom. The van der Waals surface area contributed by atoms with E-state index in [1.165, 1.54) is 0 Å². The summed E-state index contributed by atoms with van der Waals surface area (Å²) >= 11 is 0. The van der Waals surface area contributed by atoms with Gasteiger partial charge in [0, 0.05) is 19.1 Å². The second kappa shape index (κ2) is 5.69. The van der Waals surface area contributed by atoms with Crippen molar-refractivity contribution < 1.29 is 14.7 Å². The fourth-order valence-corrected chi connectivity index (χ4v) is 3.08. The number of carboxylic acid groups (broad SMARTS) is 1. The molecule has 0 spiro atoms. The van der Waals surface area contributed by atoms with Crippen molar-refractivity contribution in [2.75, 3.05) is 13.1 Å². The summed E-state index contributed by atoms with van der Waals surface area (Å²) in [6.45, 7) is 1.04. The molecule has 1 aliphatic heterocycles. The monoisotopic (exact) mass is 254 g/mol. The van der Waals surface area contributed by atoms with Crippen LogP contribution in [0, 0.1) is 11.8 Å². The predicted octanol–water partition coefficient (Wildman–Crippen LogP) is 0.827. The van der Waals surface area contributed by atoms with Gasteiger partial charge in [-0.1, -0.05) is 12.8 Å².